The minimum atomic E-state index is 0.456. The normalized spacial score (nSPS) is 12.5. The number of likely N-dealkylation sites (N-methyl/N-ethyl adjacent to an activating group) is 1. The fourth-order valence-electron chi connectivity index (χ4n) is 1.79. The molecule has 0 fully saturated rings. The third kappa shape index (κ3) is 3.24. The molecule has 1 rings (SSSR count). The van der Waals surface area contributed by atoms with E-state index in [1.54, 1.807) is 0 Å². The van der Waals surface area contributed by atoms with Crippen molar-refractivity contribution in [2.45, 2.75) is 32.7 Å². The first-order valence-electron chi connectivity index (χ1n) is 5.68. The van der Waals surface area contributed by atoms with Crippen molar-refractivity contribution in [1.29, 1.82) is 0 Å². The molecule has 0 amide bonds. The Morgan fingerprint density at radius 3 is 2.33 bits per heavy atom. The van der Waals surface area contributed by atoms with E-state index in [0.29, 0.717) is 6.04 Å². The lowest BCUT2D eigenvalue weighted by molar-refractivity contribution is 0.580. The molecule has 2 nitrogen and oxygen atoms in total. The van der Waals surface area contributed by atoms with Crippen LogP contribution in [-0.2, 0) is 0 Å². The number of nitrogens with zero attached hydrogens (tertiary/aromatic N) is 1. The van der Waals surface area contributed by atoms with Crippen LogP contribution in [0, 0.1) is 6.92 Å². The van der Waals surface area contributed by atoms with E-state index in [0.717, 1.165) is 13.0 Å². The Balaban J connectivity index is 2.73. The summed E-state index contributed by atoms with van der Waals surface area (Å²) in [6.07, 6.45) is 2.33. The zero-order valence-electron chi connectivity index (χ0n) is 10.0. The summed E-state index contributed by atoms with van der Waals surface area (Å²) in [4.78, 5) is 2.28. The van der Waals surface area contributed by atoms with Crippen LogP contribution >= 0.6 is 0 Å². The van der Waals surface area contributed by atoms with Crippen molar-refractivity contribution in [2.24, 2.45) is 5.73 Å². The number of hydrogen-bond acceptors (Lipinski definition) is 2. The van der Waals surface area contributed by atoms with Crippen LogP contribution in [0.1, 0.15) is 25.3 Å². The van der Waals surface area contributed by atoms with Crippen LogP contribution in [-0.4, -0.2) is 19.6 Å². The van der Waals surface area contributed by atoms with Crippen LogP contribution in [0.25, 0.3) is 0 Å². The van der Waals surface area contributed by atoms with Gasteiger partial charge in [-0.1, -0.05) is 31.0 Å². The Bertz CT molecular complexity index is 279. The van der Waals surface area contributed by atoms with Crippen LogP contribution in [0.5, 0.6) is 0 Å². The SMILES string of the molecule is CCCC(CN)N(C)c1ccc(C)cc1. The van der Waals surface area contributed by atoms with Gasteiger partial charge in [-0.25, -0.2) is 0 Å². The average molecular weight is 206 g/mol. The molecule has 0 aliphatic heterocycles. The van der Waals surface area contributed by atoms with Crippen LogP contribution in [0.15, 0.2) is 24.3 Å². The molecular formula is C13H22N2. The van der Waals surface area contributed by atoms with E-state index in [-0.39, 0.29) is 0 Å². The monoisotopic (exact) mass is 206 g/mol. The maximum absolute atomic E-state index is 5.79. The predicted molar refractivity (Wildman–Crippen MR) is 67.3 cm³/mol. The molecular weight excluding hydrogens is 184 g/mol. The quantitative estimate of drug-likeness (QED) is 0.802. The van der Waals surface area contributed by atoms with E-state index in [4.69, 9.17) is 5.73 Å². The van der Waals surface area contributed by atoms with Crippen LogP contribution in [0.4, 0.5) is 5.69 Å². The summed E-state index contributed by atoms with van der Waals surface area (Å²) in [7, 11) is 2.12. The van der Waals surface area contributed by atoms with Crippen LogP contribution in [0.2, 0.25) is 0 Å². The van der Waals surface area contributed by atoms with E-state index < -0.39 is 0 Å². The fourth-order valence-corrected chi connectivity index (χ4v) is 1.79. The van der Waals surface area contributed by atoms with Gasteiger partial charge >= 0.3 is 0 Å². The van der Waals surface area contributed by atoms with Crippen molar-refractivity contribution in [2.75, 3.05) is 18.5 Å². The molecule has 0 bridgehead atoms. The predicted octanol–water partition coefficient (Wildman–Crippen LogP) is 2.56. The van der Waals surface area contributed by atoms with E-state index in [1.807, 2.05) is 0 Å². The molecule has 84 valence electrons. The lowest BCUT2D eigenvalue weighted by Crippen LogP contribution is -2.37. The van der Waals surface area contributed by atoms with Gasteiger partial charge in [-0.15, -0.1) is 0 Å². The van der Waals surface area contributed by atoms with Crippen LogP contribution in [0.3, 0.4) is 0 Å². The second kappa shape index (κ2) is 5.76. The first-order valence-corrected chi connectivity index (χ1v) is 5.68. The Hall–Kier alpha value is -1.02. The summed E-state index contributed by atoms with van der Waals surface area (Å²) < 4.78 is 0. The highest BCUT2D eigenvalue weighted by molar-refractivity contribution is 5.47. The topological polar surface area (TPSA) is 29.3 Å². The number of rotatable bonds is 5. The Labute approximate surface area is 93.1 Å². The summed E-state index contributed by atoms with van der Waals surface area (Å²) in [6.45, 7) is 5.03. The molecule has 0 aliphatic rings. The third-order valence-electron chi connectivity index (χ3n) is 2.88. The summed E-state index contributed by atoms with van der Waals surface area (Å²) in [5, 5.41) is 0. The highest BCUT2D eigenvalue weighted by Gasteiger charge is 2.11. The van der Waals surface area contributed by atoms with Gasteiger partial charge in [0.05, 0.1) is 0 Å². The molecule has 0 spiro atoms. The molecule has 1 aromatic carbocycles. The van der Waals surface area contributed by atoms with Crippen molar-refractivity contribution >= 4 is 5.69 Å². The lowest BCUT2D eigenvalue weighted by atomic mass is 10.1. The van der Waals surface area contributed by atoms with Gasteiger partial charge in [0.1, 0.15) is 0 Å². The fraction of sp³-hybridized carbons (Fsp3) is 0.538. The second-order valence-electron chi connectivity index (χ2n) is 4.12. The number of nitrogens with two attached hydrogens (primary N) is 1. The summed E-state index contributed by atoms with van der Waals surface area (Å²) in [5.41, 5.74) is 8.34. The van der Waals surface area contributed by atoms with Crippen LogP contribution < -0.4 is 10.6 Å². The first-order chi connectivity index (χ1) is 7.19. The highest BCUT2D eigenvalue weighted by Crippen LogP contribution is 2.17. The molecule has 0 saturated carbocycles. The van der Waals surface area contributed by atoms with Gasteiger partial charge in [-0.3, -0.25) is 0 Å². The van der Waals surface area contributed by atoms with E-state index in [2.05, 4.69) is 50.1 Å². The molecule has 0 heterocycles. The maximum atomic E-state index is 5.79. The first kappa shape index (κ1) is 12.1. The van der Waals surface area contributed by atoms with E-state index >= 15 is 0 Å². The molecule has 15 heavy (non-hydrogen) atoms. The minimum Gasteiger partial charge on any atom is -0.370 e. The van der Waals surface area contributed by atoms with E-state index in [9.17, 15) is 0 Å². The van der Waals surface area contributed by atoms with Gasteiger partial charge in [0, 0.05) is 25.3 Å². The molecule has 0 saturated heterocycles. The number of anilines is 1. The van der Waals surface area contributed by atoms with Crippen molar-refractivity contribution in [3.05, 3.63) is 29.8 Å². The molecule has 1 atom stereocenters. The minimum absolute atomic E-state index is 0.456. The Kier molecular flexibility index (Phi) is 4.63. The summed E-state index contributed by atoms with van der Waals surface area (Å²) >= 11 is 0. The maximum Gasteiger partial charge on any atom is 0.0409 e. The molecule has 1 aromatic rings. The molecule has 1 unspecified atom stereocenters. The van der Waals surface area contributed by atoms with Gasteiger partial charge in [-0.2, -0.15) is 0 Å². The standard InChI is InChI=1S/C13H22N2/c1-4-5-13(10-14)15(3)12-8-6-11(2)7-9-12/h6-9,13H,4-5,10,14H2,1-3H3. The zero-order chi connectivity index (χ0) is 11.3. The van der Waals surface area contributed by atoms with Gasteiger partial charge in [0.15, 0.2) is 0 Å². The second-order valence-corrected chi connectivity index (χ2v) is 4.12. The zero-order valence-corrected chi connectivity index (χ0v) is 10.0. The van der Waals surface area contributed by atoms with Crippen molar-refractivity contribution in [3.63, 3.8) is 0 Å². The third-order valence-corrected chi connectivity index (χ3v) is 2.88. The average Bonchev–Trinajstić information content (AvgIpc) is 2.26. The Morgan fingerprint density at radius 2 is 1.87 bits per heavy atom. The number of benzene rings is 1. The van der Waals surface area contributed by atoms with Gasteiger partial charge in [-0.05, 0) is 25.5 Å². The van der Waals surface area contributed by atoms with Gasteiger partial charge in [0.25, 0.3) is 0 Å². The molecule has 2 N–H and O–H groups in total. The molecule has 0 aromatic heterocycles. The van der Waals surface area contributed by atoms with Gasteiger partial charge in [0.2, 0.25) is 0 Å². The highest BCUT2D eigenvalue weighted by atomic mass is 15.1. The number of aryl methyl sites for hydroxylation is 1. The van der Waals surface area contributed by atoms with Crippen molar-refractivity contribution < 1.29 is 0 Å². The lowest BCUT2D eigenvalue weighted by Gasteiger charge is -2.29. The van der Waals surface area contributed by atoms with Crippen molar-refractivity contribution in [3.8, 4) is 0 Å². The Morgan fingerprint density at radius 1 is 1.27 bits per heavy atom. The summed E-state index contributed by atoms with van der Waals surface area (Å²) in [6, 6.07) is 9.07. The van der Waals surface area contributed by atoms with E-state index in [1.165, 1.54) is 17.7 Å². The number of hydrogen-bond donors (Lipinski definition) is 1. The molecule has 0 radical (unpaired) electrons. The van der Waals surface area contributed by atoms with Crippen molar-refractivity contribution in [1.82, 2.24) is 0 Å². The largest absolute Gasteiger partial charge is 0.370 e. The van der Waals surface area contributed by atoms with Gasteiger partial charge < -0.3 is 10.6 Å². The molecule has 0 aliphatic carbocycles. The smallest absolute Gasteiger partial charge is 0.0409 e. The molecule has 2 heteroatoms. The summed E-state index contributed by atoms with van der Waals surface area (Å²) in [5.74, 6) is 0.